The van der Waals surface area contributed by atoms with Gasteiger partial charge in [-0.05, 0) is 25.7 Å². The molecule has 0 heterocycles. The normalized spacial score (nSPS) is 11.1. The summed E-state index contributed by atoms with van der Waals surface area (Å²) in [5, 5.41) is 11.1. The number of hydrogen-bond acceptors (Lipinski definition) is 3. The lowest BCUT2D eigenvalue weighted by atomic mass is 10.1. The highest BCUT2D eigenvalue weighted by Crippen LogP contribution is 2.02. The van der Waals surface area contributed by atoms with Crippen molar-refractivity contribution in [2.45, 2.75) is 58.3 Å². The molecule has 2 N–H and O–H groups in total. The minimum absolute atomic E-state index is 0.110. The number of nitrogens with one attached hydrogen (secondary N) is 1. The van der Waals surface area contributed by atoms with Crippen LogP contribution in [0, 0.1) is 0 Å². The lowest BCUT2D eigenvalue weighted by Gasteiger charge is -2.04. The molecular formula is C17H29NO4. The van der Waals surface area contributed by atoms with Crippen LogP contribution in [0.25, 0.3) is 0 Å². The van der Waals surface area contributed by atoms with Crippen LogP contribution in [0.4, 0.5) is 4.79 Å². The van der Waals surface area contributed by atoms with Crippen molar-refractivity contribution in [1.82, 2.24) is 5.32 Å². The van der Waals surface area contributed by atoms with Crippen molar-refractivity contribution in [3.63, 3.8) is 0 Å². The molecule has 22 heavy (non-hydrogen) atoms. The summed E-state index contributed by atoms with van der Waals surface area (Å²) in [6.07, 6.45) is 14.8. The quantitative estimate of drug-likeness (QED) is 0.397. The third kappa shape index (κ3) is 16.3. The summed E-state index contributed by atoms with van der Waals surface area (Å²) in [5.41, 5.74) is 0. The number of alkyl carbamates (subject to hydrolysis) is 1. The maximum atomic E-state index is 11.3. The van der Waals surface area contributed by atoms with Crippen LogP contribution < -0.4 is 5.32 Å². The van der Waals surface area contributed by atoms with Crippen LogP contribution in [-0.4, -0.2) is 30.3 Å². The third-order valence-electron chi connectivity index (χ3n) is 2.99. The minimum Gasteiger partial charge on any atom is -0.481 e. The molecule has 5 heteroatoms. The summed E-state index contributed by atoms with van der Waals surface area (Å²) in [5.74, 6) is -0.826. The Kier molecular flexibility index (Phi) is 14.3. The molecule has 0 rings (SSSR count). The molecule has 0 aliphatic carbocycles. The number of allylic oxidation sites excluding steroid dienone is 3. The Balaban J connectivity index is 3.41. The van der Waals surface area contributed by atoms with Crippen LogP contribution >= 0.6 is 0 Å². The van der Waals surface area contributed by atoms with Crippen molar-refractivity contribution < 1.29 is 19.4 Å². The molecule has 0 aromatic carbocycles. The molecule has 0 atom stereocenters. The first-order chi connectivity index (χ1) is 10.7. The molecule has 0 aliphatic heterocycles. The number of hydrogen-bond donors (Lipinski definition) is 2. The lowest BCUT2D eigenvalue weighted by molar-refractivity contribution is -0.137. The first kappa shape index (κ1) is 20.2. The zero-order valence-corrected chi connectivity index (χ0v) is 13.6. The number of carbonyl (C=O) groups is 2. The highest BCUT2D eigenvalue weighted by atomic mass is 16.5. The van der Waals surface area contributed by atoms with Gasteiger partial charge in [0.25, 0.3) is 0 Å². The highest BCUT2D eigenvalue weighted by molar-refractivity contribution is 5.67. The summed E-state index contributed by atoms with van der Waals surface area (Å²) >= 11 is 0. The molecule has 0 fully saturated rings. The van der Waals surface area contributed by atoms with Gasteiger partial charge in [0.05, 0.1) is 6.61 Å². The summed E-state index contributed by atoms with van der Waals surface area (Å²) in [6, 6.07) is 0. The number of rotatable bonds is 13. The molecule has 0 aromatic heterocycles. The second-order valence-electron chi connectivity index (χ2n) is 5.07. The van der Waals surface area contributed by atoms with Gasteiger partial charge in [-0.1, -0.05) is 50.5 Å². The van der Waals surface area contributed by atoms with E-state index in [9.17, 15) is 9.59 Å². The summed E-state index contributed by atoms with van der Waals surface area (Å²) in [4.78, 5) is 21.6. The Morgan fingerprint density at radius 2 is 1.82 bits per heavy atom. The predicted octanol–water partition coefficient (Wildman–Crippen LogP) is 4.05. The monoisotopic (exact) mass is 311 g/mol. The molecule has 0 radical (unpaired) electrons. The van der Waals surface area contributed by atoms with Crippen molar-refractivity contribution in [2.24, 2.45) is 0 Å². The van der Waals surface area contributed by atoms with E-state index >= 15 is 0 Å². The Morgan fingerprint density at radius 1 is 1.05 bits per heavy atom. The minimum atomic E-state index is -0.826. The predicted molar refractivity (Wildman–Crippen MR) is 87.9 cm³/mol. The second kappa shape index (κ2) is 15.6. The molecular weight excluding hydrogens is 282 g/mol. The van der Waals surface area contributed by atoms with Crippen molar-refractivity contribution in [2.75, 3.05) is 13.2 Å². The SMILES string of the molecule is CCCCCC/C=C/C=C\CNC(=O)OCCCCC(=O)O. The number of carbonyl (C=O) groups excluding carboxylic acids is 1. The van der Waals surface area contributed by atoms with Gasteiger partial charge >= 0.3 is 12.1 Å². The van der Waals surface area contributed by atoms with Crippen LogP contribution in [0.15, 0.2) is 24.3 Å². The highest BCUT2D eigenvalue weighted by Gasteiger charge is 2.00. The smallest absolute Gasteiger partial charge is 0.407 e. The average molecular weight is 311 g/mol. The number of carboxylic acids is 1. The largest absolute Gasteiger partial charge is 0.481 e. The topological polar surface area (TPSA) is 75.6 Å². The standard InChI is InChI=1S/C17H29NO4/c1-2-3-4-5-6-7-8-9-11-14-18-17(21)22-15-12-10-13-16(19)20/h7-9,11H,2-6,10,12-15H2,1H3,(H,18,21)(H,19,20)/b8-7+,11-9-. The molecule has 1 amide bonds. The number of unbranched alkanes of at least 4 members (excludes halogenated alkanes) is 5. The molecule has 0 saturated heterocycles. The first-order valence-electron chi connectivity index (χ1n) is 8.11. The number of amides is 1. The van der Waals surface area contributed by atoms with Crippen LogP contribution in [0.1, 0.15) is 58.3 Å². The maximum absolute atomic E-state index is 11.3. The molecule has 0 unspecified atom stereocenters. The third-order valence-corrected chi connectivity index (χ3v) is 2.99. The fourth-order valence-electron chi connectivity index (χ4n) is 1.75. The van der Waals surface area contributed by atoms with Crippen LogP contribution in [-0.2, 0) is 9.53 Å². The van der Waals surface area contributed by atoms with Gasteiger partial charge in [-0.2, -0.15) is 0 Å². The van der Waals surface area contributed by atoms with E-state index in [1.165, 1.54) is 25.7 Å². The number of carboxylic acid groups (broad SMARTS) is 1. The fraction of sp³-hybridized carbons (Fsp3) is 0.647. The van der Waals surface area contributed by atoms with E-state index in [1.807, 2.05) is 18.2 Å². The van der Waals surface area contributed by atoms with Crippen molar-refractivity contribution in [3.8, 4) is 0 Å². The van der Waals surface area contributed by atoms with E-state index in [-0.39, 0.29) is 13.0 Å². The van der Waals surface area contributed by atoms with Gasteiger partial charge in [0.1, 0.15) is 0 Å². The summed E-state index contributed by atoms with van der Waals surface area (Å²) in [7, 11) is 0. The van der Waals surface area contributed by atoms with E-state index in [4.69, 9.17) is 9.84 Å². The van der Waals surface area contributed by atoms with Gasteiger partial charge in [-0.15, -0.1) is 0 Å². The summed E-state index contributed by atoms with van der Waals surface area (Å²) in [6.45, 7) is 2.88. The average Bonchev–Trinajstić information content (AvgIpc) is 2.48. The second-order valence-corrected chi connectivity index (χ2v) is 5.07. The van der Waals surface area contributed by atoms with Crippen LogP contribution in [0.5, 0.6) is 0 Å². The molecule has 126 valence electrons. The van der Waals surface area contributed by atoms with E-state index in [2.05, 4.69) is 18.3 Å². The number of ether oxygens (including phenoxy) is 1. The van der Waals surface area contributed by atoms with Crippen LogP contribution in [0.2, 0.25) is 0 Å². The Bertz CT molecular complexity index is 351. The van der Waals surface area contributed by atoms with Gasteiger partial charge in [-0.3, -0.25) is 4.79 Å². The Labute approximate surface area is 133 Å². The molecule has 0 aliphatic rings. The van der Waals surface area contributed by atoms with E-state index in [1.54, 1.807) is 0 Å². The Hall–Kier alpha value is -1.78. The van der Waals surface area contributed by atoms with Gasteiger partial charge in [0.2, 0.25) is 0 Å². The van der Waals surface area contributed by atoms with Crippen molar-refractivity contribution in [1.29, 1.82) is 0 Å². The van der Waals surface area contributed by atoms with Gasteiger partial charge in [-0.25, -0.2) is 4.79 Å². The zero-order valence-electron chi connectivity index (χ0n) is 13.6. The van der Waals surface area contributed by atoms with E-state index in [0.717, 1.165) is 6.42 Å². The zero-order chi connectivity index (χ0) is 16.5. The van der Waals surface area contributed by atoms with Gasteiger partial charge in [0, 0.05) is 13.0 Å². The molecule has 5 nitrogen and oxygen atoms in total. The van der Waals surface area contributed by atoms with Crippen LogP contribution in [0.3, 0.4) is 0 Å². The molecule has 0 saturated carbocycles. The summed E-state index contributed by atoms with van der Waals surface area (Å²) < 4.78 is 4.91. The maximum Gasteiger partial charge on any atom is 0.407 e. The Morgan fingerprint density at radius 3 is 2.55 bits per heavy atom. The van der Waals surface area contributed by atoms with Crippen molar-refractivity contribution >= 4 is 12.1 Å². The van der Waals surface area contributed by atoms with E-state index in [0.29, 0.717) is 19.4 Å². The fourth-order valence-corrected chi connectivity index (χ4v) is 1.75. The van der Waals surface area contributed by atoms with E-state index < -0.39 is 12.1 Å². The number of aliphatic carboxylic acids is 1. The molecule has 0 bridgehead atoms. The molecule has 0 aromatic rings. The molecule has 0 spiro atoms. The lowest BCUT2D eigenvalue weighted by Crippen LogP contribution is -2.24. The van der Waals surface area contributed by atoms with Crippen molar-refractivity contribution in [3.05, 3.63) is 24.3 Å². The van der Waals surface area contributed by atoms with Gasteiger partial charge < -0.3 is 15.2 Å². The van der Waals surface area contributed by atoms with Gasteiger partial charge in [0.15, 0.2) is 0 Å². The first-order valence-corrected chi connectivity index (χ1v) is 8.11.